The predicted octanol–water partition coefficient (Wildman–Crippen LogP) is 3.85. The van der Waals surface area contributed by atoms with Gasteiger partial charge in [0.1, 0.15) is 0 Å². The van der Waals surface area contributed by atoms with Crippen LogP contribution >= 0.6 is 11.3 Å². The van der Waals surface area contributed by atoms with Gasteiger partial charge < -0.3 is 5.32 Å². The van der Waals surface area contributed by atoms with Gasteiger partial charge in [-0.15, -0.1) is 0 Å². The van der Waals surface area contributed by atoms with Crippen LogP contribution in [0.1, 0.15) is 45.6 Å². The third-order valence-electron chi connectivity index (χ3n) is 2.68. The second kappa shape index (κ2) is 7.02. The highest BCUT2D eigenvalue weighted by atomic mass is 32.1. The lowest BCUT2D eigenvalue weighted by molar-refractivity contribution is 0.434. The highest BCUT2D eigenvalue weighted by molar-refractivity contribution is 7.07. The van der Waals surface area contributed by atoms with Crippen molar-refractivity contribution in [3.05, 3.63) is 22.4 Å². The molecule has 0 aliphatic heterocycles. The van der Waals surface area contributed by atoms with E-state index in [2.05, 4.69) is 42.9 Å². The summed E-state index contributed by atoms with van der Waals surface area (Å²) in [6, 6.07) is 3.46. The average Bonchev–Trinajstić information content (AvgIpc) is 2.67. The quantitative estimate of drug-likeness (QED) is 0.743. The van der Waals surface area contributed by atoms with Crippen LogP contribution in [-0.2, 0) is 6.42 Å². The van der Waals surface area contributed by atoms with Crippen molar-refractivity contribution < 1.29 is 0 Å². The summed E-state index contributed by atoms with van der Waals surface area (Å²) < 4.78 is 0. The van der Waals surface area contributed by atoms with Gasteiger partial charge in [-0.1, -0.05) is 19.8 Å². The molecule has 1 N–H and O–H groups in total. The van der Waals surface area contributed by atoms with Crippen LogP contribution < -0.4 is 5.32 Å². The molecule has 0 spiro atoms. The van der Waals surface area contributed by atoms with Crippen molar-refractivity contribution in [2.24, 2.45) is 0 Å². The van der Waals surface area contributed by atoms with Crippen LogP contribution in [0.2, 0.25) is 0 Å². The van der Waals surface area contributed by atoms with Crippen molar-refractivity contribution in [2.45, 2.75) is 58.5 Å². The van der Waals surface area contributed by atoms with E-state index in [1.165, 1.54) is 24.8 Å². The summed E-state index contributed by atoms with van der Waals surface area (Å²) >= 11 is 1.79. The van der Waals surface area contributed by atoms with Gasteiger partial charge in [0.05, 0.1) is 0 Å². The molecule has 2 unspecified atom stereocenters. The van der Waals surface area contributed by atoms with E-state index >= 15 is 0 Å². The molecule has 0 radical (unpaired) electrons. The van der Waals surface area contributed by atoms with E-state index in [1.54, 1.807) is 11.3 Å². The fourth-order valence-electron chi connectivity index (χ4n) is 1.90. The minimum absolute atomic E-state index is 0.589. The second-order valence-electron chi connectivity index (χ2n) is 4.45. The van der Waals surface area contributed by atoms with Crippen LogP contribution in [0.4, 0.5) is 0 Å². The summed E-state index contributed by atoms with van der Waals surface area (Å²) in [5.74, 6) is 0. The standard InChI is InChI=1S/C13H23NS/c1-4-5-6-11(2)14-12(3)9-13-7-8-15-10-13/h7-8,10-12,14H,4-6,9H2,1-3H3. The summed E-state index contributed by atoms with van der Waals surface area (Å²) in [4.78, 5) is 0. The zero-order valence-corrected chi connectivity index (χ0v) is 10.9. The van der Waals surface area contributed by atoms with Crippen molar-refractivity contribution >= 4 is 11.3 Å². The molecular weight excluding hydrogens is 202 g/mol. The van der Waals surface area contributed by atoms with Gasteiger partial charge in [0, 0.05) is 12.1 Å². The highest BCUT2D eigenvalue weighted by Crippen LogP contribution is 2.09. The van der Waals surface area contributed by atoms with Gasteiger partial charge in [-0.05, 0) is 49.1 Å². The van der Waals surface area contributed by atoms with Crippen molar-refractivity contribution in [1.29, 1.82) is 0 Å². The van der Waals surface area contributed by atoms with E-state index in [-0.39, 0.29) is 0 Å². The molecule has 0 saturated heterocycles. The lowest BCUT2D eigenvalue weighted by Crippen LogP contribution is -2.35. The number of hydrogen-bond donors (Lipinski definition) is 1. The van der Waals surface area contributed by atoms with Crippen LogP contribution in [0.25, 0.3) is 0 Å². The third kappa shape index (κ3) is 5.33. The monoisotopic (exact) mass is 225 g/mol. The molecule has 0 bridgehead atoms. The molecule has 1 heterocycles. The Morgan fingerprint density at radius 2 is 2.13 bits per heavy atom. The molecule has 1 nitrogen and oxygen atoms in total. The van der Waals surface area contributed by atoms with Crippen LogP contribution in [0.15, 0.2) is 16.8 Å². The Hall–Kier alpha value is -0.340. The molecule has 2 atom stereocenters. The van der Waals surface area contributed by atoms with E-state index in [9.17, 15) is 0 Å². The summed E-state index contributed by atoms with van der Waals surface area (Å²) in [6.45, 7) is 6.82. The predicted molar refractivity (Wildman–Crippen MR) is 69.6 cm³/mol. The molecule has 0 aliphatic rings. The topological polar surface area (TPSA) is 12.0 Å². The number of hydrogen-bond acceptors (Lipinski definition) is 2. The maximum Gasteiger partial charge on any atom is 0.00819 e. The molecule has 0 saturated carbocycles. The maximum atomic E-state index is 3.66. The summed E-state index contributed by atoms with van der Waals surface area (Å²) in [7, 11) is 0. The van der Waals surface area contributed by atoms with E-state index in [0.29, 0.717) is 12.1 Å². The molecule has 15 heavy (non-hydrogen) atoms. The average molecular weight is 225 g/mol. The van der Waals surface area contributed by atoms with Crippen molar-refractivity contribution in [1.82, 2.24) is 5.32 Å². The Kier molecular flexibility index (Phi) is 5.96. The van der Waals surface area contributed by atoms with Gasteiger partial charge in [0.2, 0.25) is 0 Å². The SMILES string of the molecule is CCCCC(C)NC(C)Cc1ccsc1. The van der Waals surface area contributed by atoms with Crippen LogP contribution in [-0.4, -0.2) is 12.1 Å². The molecule has 0 fully saturated rings. The lowest BCUT2D eigenvalue weighted by Gasteiger charge is -2.19. The Labute approximate surface area is 97.9 Å². The Morgan fingerprint density at radius 3 is 2.73 bits per heavy atom. The zero-order valence-electron chi connectivity index (χ0n) is 10.1. The maximum absolute atomic E-state index is 3.66. The molecule has 1 aromatic rings. The Morgan fingerprint density at radius 1 is 1.33 bits per heavy atom. The summed E-state index contributed by atoms with van der Waals surface area (Å²) in [5, 5.41) is 8.06. The highest BCUT2D eigenvalue weighted by Gasteiger charge is 2.07. The molecule has 1 rings (SSSR count). The third-order valence-corrected chi connectivity index (χ3v) is 3.41. The molecular formula is C13H23NS. The van der Waals surface area contributed by atoms with E-state index in [0.717, 1.165) is 6.42 Å². The summed E-state index contributed by atoms with van der Waals surface area (Å²) in [5.41, 5.74) is 1.46. The van der Waals surface area contributed by atoms with E-state index in [1.807, 2.05) is 0 Å². The largest absolute Gasteiger partial charge is 0.311 e. The van der Waals surface area contributed by atoms with Crippen molar-refractivity contribution in [3.63, 3.8) is 0 Å². The Bertz CT molecular complexity index is 243. The first-order chi connectivity index (χ1) is 7.22. The van der Waals surface area contributed by atoms with Gasteiger partial charge in [-0.2, -0.15) is 11.3 Å². The summed E-state index contributed by atoms with van der Waals surface area (Å²) in [6.07, 6.45) is 5.08. The lowest BCUT2D eigenvalue weighted by atomic mass is 10.1. The van der Waals surface area contributed by atoms with E-state index in [4.69, 9.17) is 0 Å². The number of rotatable bonds is 7. The fraction of sp³-hybridized carbons (Fsp3) is 0.692. The molecule has 1 aromatic heterocycles. The van der Waals surface area contributed by atoms with Crippen LogP contribution in [0.3, 0.4) is 0 Å². The van der Waals surface area contributed by atoms with Crippen molar-refractivity contribution in [3.8, 4) is 0 Å². The van der Waals surface area contributed by atoms with Gasteiger partial charge >= 0.3 is 0 Å². The number of thiophene rings is 1. The van der Waals surface area contributed by atoms with Gasteiger partial charge in [-0.3, -0.25) is 0 Å². The normalized spacial score (nSPS) is 15.1. The second-order valence-corrected chi connectivity index (χ2v) is 5.23. The van der Waals surface area contributed by atoms with E-state index < -0.39 is 0 Å². The first-order valence-electron chi connectivity index (χ1n) is 5.99. The molecule has 0 aliphatic carbocycles. The van der Waals surface area contributed by atoms with Gasteiger partial charge in [-0.25, -0.2) is 0 Å². The molecule has 86 valence electrons. The van der Waals surface area contributed by atoms with Gasteiger partial charge in [0.25, 0.3) is 0 Å². The first kappa shape index (κ1) is 12.7. The van der Waals surface area contributed by atoms with Crippen molar-refractivity contribution in [2.75, 3.05) is 0 Å². The Balaban J connectivity index is 2.20. The minimum Gasteiger partial charge on any atom is -0.311 e. The fourth-order valence-corrected chi connectivity index (χ4v) is 2.58. The smallest absolute Gasteiger partial charge is 0.00819 e. The zero-order chi connectivity index (χ0) is 11.1. The van der Waals surface area contributed by atoms with Crippen LogP contribution in [0, 0.1) is 0 Å². The number of nitrogens with one attached hydrogen (secondary N) is 1. The van der Waals surface area contributed by atoms with Gasteiger partial charge in [0.15, 0.2) is 0 Å². The molecule has 2 heteroatoms. The molecule has 0 aromatic carbocycles. The van der Waals surface area contributed by atoms with Crippen LogP contribution in [0.5, 0.6) is 0 Å². The number of unbranched alkanes of at least 4 members (excludes halogenated alkanes) is 1. The first-order valence-corrected chi connectivity index (χ1v) is 6.93. The minimum atomic E-state index is 0.589. The molecule has 0 amide bonds.